The molecule has 0 bridgehead atoms. The van der Waals surface area contributed by atoms with Gasteiger partial charge in [-0.2, -0.15) is 0 Å². The zero-order valence-electron chi connectivity index (χ0n) is 15.1. The third-order valence-corrected chi connectivity index (χ3v) is 5.49. The lowest BCUT2D eigenvalue weighted by Gasteiger charge is -2.28. The Kier molecular flexibility index (Phi) is 8.04. The third kappa shape index (κ3) is 5.89. The number of piperidine rings is 1. The second-order valence-electron chi connectivity index (χ2n) is 7.32. The van der Waals surface area contributed by atoms with Crippen molar-refractivity contribution in [3.05, 3.63) is 29.8 Å². The zero-order chi connectivity index (χ0) is 16.8. The summed E-state index contributed by atoms with van der Waals surface area (Å²) in [6.07, 6.45) is 6.91. The average molecular weight is 367 g/mol. The monoisotopic (exact) mass is 366 g/mol. The summed E-state index contributed by atoms with van der Waals surface area (Å²) in [6, 6.07) is 8.06. The van der Waals surface area contributed by atoms with Crippen molar-refractivity contribution in [2.45, 2.75) is 58.1 Å². The minimum absolute atomic E-state index is 0. The summed E-state index contributed by atoms with van der Waals surface area (Å²) in [6.45, 7) is 4.94. The molecule has 1 aromatic carbocycles. The molecule has 2 fully saturated rings. The van der Waals surface area contributed by atoms with Crippen LogP contribution in [-0.2, 0) is 11.3 Å². The van der Waals surface area contributed by atoms with Gasteiger partial charge in [-0.1, -0.05) is 25.1 Å². The molecule has 2 N–H and O–H groups in total. The van der Waals surface area contributed by atoms with Gasteiger partial charge in [0.25, 0.3) is 0 Å². The fourth-order valence-electron chi connectivity index (χ4n) is 3.57. The van der Waals surface area contributed by atoms with Crippen LogP contribution < -0.4 is 15.4 Å². The molecule has 140 valence electrons. The number of para-hydroxylation sites is 1. The number of benzene rings is 1. The minimum Gasteiger partial charge on any atom is -0.490 e. The summed E-state index contributed by atoms with van der Waals surface area (Å²) in [5.74, 6) is 2.20. The van der Waals surface area contributed by atoms with Gasteiger partial charge in [-0.15, -0.1) is 12.4 Å². The Bertz CT molecular complexity index is 542. The van der Waals surface area contributed by atoms with Gasteiger partial charge in [0, 0.05) is 18.5 Å². The first-order valence-corrected chi connectivity index (χ1v) is 9.44. The number of amides is 1. The topological polar surface area (TPSA) is 50.4 Å². The second-order valence-corrected chi connectivity index (χ2v) is 7.32. The molecule has 3 rings (SSSR count). The molecule has 1 atom stereocenters. The molecule has 1 amide bonds. The average Bonchev–Trinajstić information content (AvgIpc) is 2.58. The highest BCUT2D eigenvalue weighted by atomic mass is 35.5. The van der Waals surface area contributed by atoms with Gasteiger partial charge in [0.2, 0.25) is 5.91 Å². The van der Waals surface area contributed by atoms with Gasteiger partial charge in [-0.3, -0.25) is 4.79 Å². The summed E-state index contributed by atoms with van der Waals surface area (Å²) in [4.78, 5) is 12.3. The SMILES string of the molecule is CC(CC(=O)NCc1ccccc1OC1CCC1)C1CCNCC1.Cl. The van der Waals surface area contributed by atoms with E-state index in [1.165, 1.54) is 19.3 Å². The van der Waals surface area contributed by atoms with Gasteiger partial charge in [-0.25, -0.2) is 0 Å². The number of ether oxygens (including phenoxy) is 1. The van der Waals surface area contributed by atoms with Crippen LogP contribution in [0.5, 0.6) is 5.75 Å². The minimum atomic E-state index is 0. The van der Waals surface area contributed by atoms with E-state index in [-0.39, 0.29) is 18.3 Å². The van der Waals surface area contributed by atoms with Gasteiger partial charge in [0.05, 0.1) is 6.10 Å². The van der Waals surface area contributed by atoms with Gasteiger partial charge in [0.1, 0.15) is 5.75 Å². The highest BCUT2D eigenvalue weighted by Crippen LogP contribution is 2.28. The molecule has 2 aliphatic rings. The molecule has 0 spiro atoms. The van der Waals surface area contributed by atoms with E-state index >= 15 is 0 Å². The summed E-state index contributed by atoms with van der Waals surface area (Å²) in [5.41, 5.74) is 1.08. The van der Waals surface area contributed by atoms with Crippen molar-refractivity contribution in [2.75, 3.05) is 13.1 Å². The summed E-state index contributed by atoms with van der Waals surface area (Å²) in [5, 5.41) is 6.47. The zero-order valence-corrected chi connectivity index (χ0v) is 15.9. The van der Waals surface area contributed by atoms with Crippen molar-refractivity contribution in [1.29, 1.82) is 0 Å². The van der Waals surface area contributed by atoms with E-state index in [1.54, 1.807) is 0 Å². The van der Waals surface area contributed by atoms with Crippen LogP contribution in [0.1, 0.15) is 51.0 Å². The van der Waals surface area contributed by atoms with Crippen molar-refractivity contribution in [3.63, 3.8) is 0 Å². The van der Waals surface area contributed by atoms with Gasteiger partial charge in [0.15, 0.2) is 0 Å². The molecule has 1 heterocycles. The highest BCUT2D eigenvalue weighted by molar-refractivity contribution is 5.85. The predicted octanol–water partition coefficient (Wildman–Crippen LogP) is 3.68. The number of hydrogen-bond acceptors (Lipinski definition) is 3. The van der Waals surface area contributed by atoms with Crippen molar-refractivity contribution < 1.29 is 9.53 Å². The fourth-order valence-corrected chi connectivity index (χ4v) is 3.57. The van der Waals surface area contributed by atoms with Crippen LogP contribution in [0.2, 0.25) is 0 Å². The molecule has 25 heavy (non-hydrogen) atoms. The highest BCUT2D eigenvalue weighted by Gasteiger charge is 2.22. The maximum atomic E-state index is 12.3. The maximum absolute atomic E-state index is 12.3. The Labute approximate surface area is 157 Å². The van der Waals surface area contributed by atoms with Crippen molar-refractivity contribution >= 4 is 18.3 Å². The van der Waals surface area contributed by atoms with Crippen molar-refractivity contribution in [2.24, 2.45) is 11.8 Å². The van der Waals surface area contributed by atoms with Crippen LogP contribution in [0.3, 0.4) is 0 Å². The van der Waals surface area contributed by atoms with E-state index in [9.17, 15) is 4.79 Å². The number of carbonyl (C=O) groups excluding carboxylic acids is 1. The number of hydrogen-bond donors (Lipinski definition) is 2. The van der Waals surface area contributed by atoms with Crippen LogP contribution in [-0.4, -0.2) is 25.1 Å². The Morgan fingerprint density at radius 3 is 2.64 bits per heavy atom. The van der Waals surface area contributed by atoms with Crippen LogP contribution in [0, 0.1) is 11.8 Å². The Hall–Kier alpha value is -1.26. The van der Waals surface area contributed by atoms with E-state index in [1.807, 2.05) is 24.3 Å². The van der Waals surface area contributed by atoms with E-state index in [0.717, 1.165) is 37.2 Å². The number of halogens is 1. The quantitative estimate of drug-likeness (QED) is 0.773. The molecule has 1 saturated carbocycles. The number of carbonyl (C=O) groups is 1. The fraction of sp³-hybridized carbons (Fsp3) is 0.650. The summed E-state index contributed by atoms with van der Waals surface area (Å²) in [7, 11) is 0. The molecule has 0 aromatic heterocycles. The van der Waals surface area contributed by atoms with E-state index in [4.69, 9.17) is 4.74 Å². The lowest BCUT2D eigenvalue weighted by atomic mass is 9.84. The first-order valence-electron chi connectivity index (χ1n) is 9.44. The summed E-state index contributed by atoms with van der Waals surface area (Å²) >= 11 is 0. The molecular formula is C20H31ClN2O2. The third-order valence-electron chi connectivity index (χ3n) is 5.49. The smallest absolute Gasteiger partial charge is 0.220 e. The maximum Gasteiger partial charge on any atom is 0.220 e. The van der Waals surface area contributed by atoms with Gasteiger partial charge < -0.3 is 15.4 Å². The van der Waals surface area contributed by atoms with Crippen LogP contribution in [0.15, 0.2) is 24.3 Å². The number of nitrogens with one attached hydrogen (secondary N) is 2. The van der Waals surface area contributed by atoms with E-state index < -0.39 is 0 Å². The molecule has 1 aliphatic heterocycles. The van der Waals surface area contributed by atoms with E-state index in [0.29, 0.717) is 30.9 Å². The second kappa shape index (κ2) is 10.0. The van der Waals surface area contributed by atoms with Gasteiger partial charge >= 0.3 is 0 Å². The molecule has 0 radical (unpaired) electrons. The van der Waals surface area contributed by atoms with E-state index in [2.05, 4.69) is 17.6 Å². The Morgan fingerprint density at radius 2 is 1.96 bits per heavy atom. The number of rotatable bonds is 7. The molecular weight excluding hydrogens is 336 g/mol. The molecule has 5 heteroatoms. The summed E-state index contributed by atoms with van der Waals surface area (Å²) < 4.78 is 6.03. The molecule has 1 saturated heterocycles. The standard InChI is InChI=1S/C20H30N2O2.ClH/c1-15(16-9-11-21-12-10-16)13-20(23)22-14-17-5-2-3-8-19(17)24-18-6-4-7-18;/h2-3,5,8,15-16,18,21H,4,6-7,9-14H2,1H3,(H,22,23);1H. The van der Waals surface area contributed by atoms with Crippen LogP contribution in [0.4, 0.5) is 0 Å². The Morgan fingerprint density at radius 1 is 1.24 bits per heavy atom. The molecule has 4 nitrogen and oxygen atoms in total. The van der Waals surface area contributed by atoms with Crippen molar-refractivity contribution in [3.8, 4) is 5.75 Å². The predicted molar refractivity (Wildman–Crippen MR) is 103 cm³/mol. The van der Waals surface area contributed by atoms with Crippen LogP contribution in [0.25, 0.3) is 0 Å². The molecule has 1 unspecified atom stereocenters. The lowest BCUT2D eigenvalue weighted by molar-refractivity contribution is -0.122. The normalized spacial score (nSPS) is 19.4. The Balaban J connectivity index is 0.00000225. The molecule has 1 aliphatic carbocycles. The first-order chi connectivity index (χ1) is 11.7. The first kappa shape index (κ1) is 20.1. The van der Waals surface area contributed by atoms with Crippen molar-refractivity contribution in [1.82, 2.24) is 10.6 Å². The lowest BCUT2D eigenvalue weighted by Crippen LogP contribution is -2.33. The van der Waals surface area contributed by atoms with Crippen LogP contribution >= 0.6 is 12.4 Å². The largest absolute Gasteiger partial charge is 0.490 e. The van der Waals surface area contributed by atoms with Gasteiger partial charge in [-0.05, 0) is 63.1 Å². The molecule has 1 aromatic rings.